The first-order valence-corrected chi connectivity index (χ1v) is 6.91. The lowest BCUT2D eigenvalue weighted by molar-refractivity contribution is -0.115. The number of aryl methyl sites for hydroxylation is 1. The van der Waals surface area contributed by atoms with Gasteiger partial charge >= 0.3 is 0 Å². The molecule has 0 saturated heterocycles. The maximum atomic E-state index is 12.2. The molecule has 1 nitrogen and oxygen atoms in total. The lowest BCUT2D eigenvalue weighted by atomic mass is 9.88. The molecule has 1 unspecified atom stereocenters. The van der Waals surface area contributed by atoms with Crippen LogP contribution >= 0.6 is 11.6 Å². The molecule has 0 bridgehead atoms. The quantitative estimate of drug-likeness (QED) is 0.784. The Kier molecular flexibility index (Phi) is 4.23. The van der Waals surface area contributed by atoms with Crippen molar-refractivity contribution in [3.63, 3.8) is 0 Å². The topological polar surface area (TPSA) is 17.1 Å². The molecule has 96 valence electrons. The number of rotatable bonds is 3. The normalized spacial score (nSPS) is 19.5. The van der Waals surface area contributed by atoms with Crippen molar-refractivity contribution in [1.29, 1.82) is 0 Å². The van der Waals surface area contributed by atoms with Gasteiger partial charge in [0.1, 0.15) is 0 Å². The smallest absolute Gasteiger partial charge is 0.162 e. The summed E-state index contributed by atoms with van der Waals surface area (Å²) in [6, 6.07) is 5.88. The first-order chi connectivity index (χ1) is 8.56. The molecule has 0 saturated carbocycles. The number of benzene rings is 1. The minimum atomic E-state index is 0.229. The second-order valence-electron chi connectivity index (χ2n) is 5.30. The van der Waals surface area contributed by atoms with Crippen LogP contribution in [-0.2, 0) is 11.2 Å². The van der Waals surface area contributed by atoms with Crippen molar-refractivity contribution in [2.45, 2.75) is 39.5 Å². The van der Waals surface area contributed by atoms with Crippen molar-refractivity contribution in [2.24, 2.45) is 5.92 Å². The summed E-state index contributed by atoms with van der Waals surface area (Å²) in [6.07, 6.45) is 5.61. The summed E-state index contributed by atoms with van der Waals surface area (Å²) in [7, 11) is 0. The van der Waals surface area contributed by atoms with Gasteiger partial charge in [-0.1, -0.05) is 36.7 Å². The van der Waals surface area contributed by atoms with Crippen molar-refractivity contribution < 1.29 is 4.79 Å². The van der Waals surface area contributed by atoms with E-state index in [0.29, 0.717) is 17.4 Å². The van der Waals surface area contributed by atoms with Crippen LogP contribution in [-0.4, -0.2) is 5.78 Å². The van der Waals surface area contributed by atoms with Crippen LogP contribution in [0.15, 0.2) is 29.8 Å². The number of carbonyl (C=O) groups excluding carboxylic acids is 1. The minimum Gasteiger partial charge on any atom is -0.294 e. The highest BCUT2D eigenvalue weighted by molar-refractivity contribution is 6.31. The van der Waals surface area contributed by atoms with Crippen LogP contribution in [0.2, 0.25) is 5.02 Å². The molecule has 1 atom stereocenters. The number of halogens is 1. The van der Waals surface area contributed by atoms with E-state index < -0.39 is 0 Å². The molecule has 0 amide bonds. The van der Waals surface area contributed by atoms with E-state index in [0.717, 1.165) is 36.0 Å². The molecule has 0 N–H and O–H groups in total. The van der Waals surface area contributed by atoms with E-state index in [9.17, 15) is 4.79 Å². The van der Waals surface area contributed by atoms with Crippen LogP contribution in [0.1, 0.15) is 37.3 Å². The van der Waals surface area contributed by atoms with Crippen molar-refractivity contribution in [3.8, 4) is 0 Å². The van der Waals surface area contributed by atoms with Gasteiger partial charge in [0.15, 0.2) is 5.78 Å². The number of ketones is 1. The average molecular weight is 263 g/mol. The number of carbonyl (C=O) groups is 1. The van der Waals surface area contributed by atoms with Crippen LogP contribution in [0.25, 0.3) is 0 Å². The third-order valence-electron chi connectivity index (χ3n) is 3.59. The number of allylic oxidation sites excluding steroid dienone is 2. The minimum absolute atomic E-state index is 0.229. The monoisotopic (exact) mass is 262 g/mol. The fraction of sp³-hybridized carbons (Fsp3) is 0.438. The zero-order valence-corrected chi connectivity index (χ0v) is 11.8. The Balaban J connectivity index is 2.07. The fourth-order valence-corrected chi connectivity index (χ4v) is 2.60. The summed E-state index contributed by atoms with van der Waals surface area (Å²) < 4.78 is 0. The first-order valence-electron chi connectivity index (χ1n) is 6.53. The summed E-state index contributed by atoms with van der Waals surface area (Å²) in [6.45, 7) is 4.23. The summed E-state index contributed by atoms with van der Waals surface area (Å²) >= 11 is 6.16. The third kappa shape index (κ3) is 3.23. The highest BCUT2D eigenvalue weighted by Gasteiger charge is 2.17. The van der Waals surface area contributed by atoms with Crippen molar-refractivity contribution in [2.75, 3.05) is 0 Å². The van der Waals surface area contributed by atoms with Gasteiger partial charge in [0.05, 0.1) is 0 Å². The van der Waals surface area contributed by atoms with Gasteiger partial charge in [-0.2, -0.15) is 0 Å². The van der Waals surface area contributed by atoms with E-state index in [1.807, 2.05) is 25.1 Å². The Hall–Kier alpha value is -1.08. The van der Waals surface area contributed by atoms with Crippen molar-refractivity contribution >= 4 is 17.4 Å². The van der Waals surface area contributed by atoms with Crippen LogP contribution in [0.3, 0.4) is 0 Å². The van der Waals surface area contributed by atoms with Crippen LogP contribution in [0, 0.1) is 12.8 Å². The molecular weight excluding hydrogens is 244 g/mol. The average Bonchev–Trinajstić information content (AvgIpc) is 2.33. The van der Waals surface area contributed by atoms with E-state index in [1.54, 1.807) is 0 Å². The third-order valence-corrected chi connectivity index (χ3v) is 3.94. The summed E-state index contributed by atoms with van der Waals surface area (Å²) in [4.78, 5) is 12.2. The zero-order chi connectivity index (χ0) is 13.1. The van der Waals surface area contributed by atoms with E-state index in [-0.39, 0.29) is 5.78 Å². The first kappa shape index (κ1) is 13.4. The van der Waals surface area contributed by atoms with Gasteiger partial charge in [0.25, 0.3) is 0 Å². The SMILES string of the molecule is Cc1ccc(CC(=O)C2=CCC(C)CC2)c(Cl)c1. The molecule has 0 heterocycles. The molecule has 2 heteroatoms. The zero-order valence-electron chi connectivity index (χ0n) is 11.0. The van der Waals surface area contributed by atoms with Gasteiger partial charge in [0, 0.05) is 11.4 Å². The summed E-state index contributed by atoms with van der Waals surface area (Å²) in [5.74, 6) is 0.942. The van der Waals surface area contributed by atoms with Crippen LogP contribution < -0.4 is 0 Å². The van der Waals surface area contributed by atoms with Gasteiger partial charge < -0.3 is 0 Å². The molecule has 1 aromatic carbocycles. The van der Waals surface area contributed by atoms with E-state index in [2.05, 4.69) is 13.0 Å². The van der Waals surface area contributed by atoms with Crippen molar-refractivity contribution in [3.05, 3.63) is 46.0 Å². The number of Topliss-reactive ketones (excluding diaryl/α,β-unsaturated/α-hetero) is 1. The molecule has 0 fully saturated rings. The lowest BCUT2D eigenvalue weighted by Crippen LogP contribution is -2.12. The predicted octanol–water partition coefficient (Wildman–Crippen LogP) is 4.51. The molecule has 1 aliphatic rings. The molecule has 0 radical (unpaired) electrons. The van der Waals surface area contributed by atoms with Gasteiger partial charge in [-0.05, 0) is 54.9 Å². The Morgan fingerprint density at radius 2 is 2.22 bits per heavy atom. The Labute approximate surface area is 114 Å². The second kappa shape index (κ2) is 5.71. The fourth-order valence-electron chi connectivity index (χ4n) is 2.30. The lowest BCUT2D eigenvalue weighted by Gasteiger charge is -2.17. The van der Waals surface area contributed by atoms with Gasteiger partial charge in [-0.25, -0.2) is 0 Å². The molecule has 1 aromatic rings. The maximum absolute atomic E-state index is 12.2. The summed E-state index contributed by atoms with van der Waals surface area (Å²) in [5, 5.41) is 0.702. The van der Waals surface area contributed by atoms with Gasteiger partial charge in [-0.3, -0.25) is 4.79 Å². The largest absolute Gasteiger partial charge is 0.294 e. The molecule has 0 aromatic heterocycles. The van der Waals surface area contributed by atoms with Gasteiger partial charge in [-0.15, -0.1) is 0 Å². The molecule has 0 aliphatic heterocycles. The maximum Gasteiger partial charge on any atom is 0.162 e. The molecular formula is C16H19ClO. The highest BCUT2D eigenvalue weighted by Crippen LogP contribution is 2.25. The predicted molar refractivity (Wildman–Crippen MR) is 76.0 cm³/mol. The van der Waals surface area contributed by atoms with Crippen LogP contribution in [0.5, 0.6) is 0 Å². The van der Waals surface area contributed by atoms with Crippen molar-refractivity contribution in [1.82, 2.24) is 0 Å². The molecule has 18 heavy (non-hydrogen) atoms. The van der Waals surface area contributed by atoms with Crippen LogP contribution in [0.4, 0.5) is 0 Å². The molecule has 0 spiro atoms. The Bertz CT molecular complexity index is 488. The standard InChI is InChI=1S/C16H19ClO/c1-11-3-6-13(7-4-11)16(18)10-14-8-5-12(2)9-15(14)17/h5-6,8-9,11H,3-4,7,10H2,1-2H3. The molecule has 2 rings (SSSR count). The Morgan fingerprint density at radius 3 is 2.83 bits per heavy atom. The van der Waals surface area contributed by atoms with E-state index >= 15 is 0 Å². The highest BCUT2D eigenvalue weighted by atomic mass is 35.5. The van der Waals surface area contributed by atoms with E-state index in [4.69, 9.17) is 11.6 Å². The molecule has 1 aliphatic carbocycles. The second-order valence-corrected chi connectivity index (χ2v) is 5.71. The van der Waals surface area contributed by atoms with E-state index in [1.165, 1.54) is 0 Å². The number of hydrogen-bond acceptors (Lipinski definition) is 1. The summed E-state index contributed by atoms with van der Waals surface area (Å²) in [5.41, 5.74) is 3.05. The van der Waals surface area contributed by atoms with Gasteiger partial charge in [0.2, 0.25) is 0 Å². The number of hydrogen-bond donors (Lipinski definition) is 0. The Morgan fingerprint density at radius 1 is 1.44 bits per heavy atom.